The van der Waals surface area contributed by atoms with Crippen molar-refractivity contribution in [2.75, 3.05) is 17.7 Å². The molecular weight excluding hydrogens is 567 g/mol. The molecular formula is C26H28Cl2N4O4S2. The number of esters is 1. The van der Waals surface area contributed by atoms with E-state index in [0.717, 1.165) is 36.1 Å². The van der Waals surface area contributed by atoms with Crippen molar-refractivity contribution in [3.8, 4) is 5.75 Å². The number of ether oxygens (including phenoxy) is 2. The molecule has 3 aromatic rings. The van der Waals surface area contributed by atoms with Crippen LogP contribution in [0.25, 0.3) is 0 Å². The minimum absolute atomic E-state index is 0.0817. The van der Waals surface area contributed by atoms with Gasteiger partial charge in [0.25, 0.3) is 0 Å². The van der Waals surface area contributed by atoms with Gasteiger partial charge >= 0.3 is 5.97 Å². The van der Waals surface area contributed by atoms with E-state index in [9.17, 15) is 9.59 Å². The molecule has 1 aliphatic carbocycles. The number of hydrogen-bond acceptors (Lipinski definition) is 8. The third-order valence-corrected chi connectivity index (χ3v) is 8.56. The van der Waals surface area contributed by atoms with Crippen molar-refractivity contribution < 1.29 is 19.1 Å². The van der Waals surface area contributed by atoms with Gasteiger partial charge in [0.2, 0.25) is 5.91 Å². The van der Waals surface area contributed by atoms with E-state index >= 15 is 0 Å². The summed E-state index contributed by atoms with van der Waals surface area (Å²) in [6.07, 6.45) is 5.07. The van der Waals surface area contributed by atoms with Gasteiger partial charge in [-0.3, -0.25) is 9.36 Å². The Balaban J connectivity index is 1.46. The lowest BCUT2D eigenvalue weighted by molar-refractivity contribution is -0.113. The summed E-state index contributed by atoms with van der Waals surface area (Å²) in [5, 5.41) is 13.5. The third kappa shape index (κ3) is 6.54. The lowest BCUT2D eigenvalue weighted by Crippen LogP contribution is -2.17. The smallest absolute Gasteiger partial charge is 0.341 e. The highest BCUT2D eigenvalue weighted by atomic mass is 35.5. The average Bonchev–Trinajstić information content (AvgIpc) is 3.45. The molecule has 1 unspecified atom stereocenters. The second kappa shape index (κ2) is 13.0. The molecule has 1 atom stereocenters. The lowest BCUT2D eigenvalue weighted by atomic mass is 9.95. The SMILES string of the molecule is C=CCn1c(SCC(=O)Nc2sc3c(c2C(=O)OCC)CCCC3)nnc1C(C)Oc1ccc(Cl)cc1Cl. The number of aryl methyl sites for hydroxylation is 1. The second-order valence-corrected chi connectivity index (χ2v) is 11.4. The van der Waals surface area contributed by atoms with Crippen LogP contribution < -0.4 is 10.1 Å². The molecule has 1 N–H and O–H groups in total. The topological polar surface area (TPSA) is 95.3 Å². The minimum Gasteiger partial charge on any atom is -0.481 e. The number of nitrogens with zero attached hydrogens (tertiary/aromatic N) is 3. The van der Waals surface area contributed by atoms with E-state index in [0.29, 0.717) is 43.9 Å². The molecule has 1 aromatic carbocycles. The number of thiophene rings is 1. The van der Waals surface area contributed by atoms with E-state index in [1.165, 1.54) is 23.1 Å². The van der Waals surface area contributed by atoms with E-state index in [-0.39, 0.29) is 24.2 Å². The van der Waals surface area contributed by atoms with Crippen molar-refractivity contribution in [3.05, 3.63) is 62.7 Å². The molecule has 12 heteroatoms. The predicted molar refractivity (Wildman–Crippen MR) is 152 cm³/mol. The fourth-order valence-corrected chi connectivity index (χ4v) is 6.69. The number of nitrogens with one attached hydrogen (secondary N) is 1. The van der Waals surface area contributed by atoms with Crippen LogP contribution in [0.4, 0.5) is 5.00 Å². The van der Waals surface area contributed by atoms with Gasteiger partial charge < -0.3 is 14.8 Å². The molecule has 202 valence electrons. The Bertz CT molecular complexity index is 1340. The maximum Gasteiger partial charge on any atom is 0.341 e. The molecule has 0 bridgehead atoms. The summed E-state index contributed by atoms with van der Waals surface area (Å²) >= 11 is 14.9. The van der Waals surface area contributed by atoms with Crippen LogP contribution in [0.2, 0.25) is 10.0 Å². The van der Waals surface area contributed by atoms with E-state index in [1.807, 2.05) is 11.5 Å². The zero-order chi connectivity index (χ0) is 27.2. The van der Waals surface area contributed by atoms with Crippen LogP contribution in [0.15, 0.2) is 36.0 Å². The van der Waals surface area contributed by atoms with E-state index < -0.39 is 6.10 Å². The summed E-state index contributed by atoms with van der Waals surface area (Å²) in [5.74, 6) is 0.486. The highest BCUT2D eigenvalue weighted by Crippen LogP contribution is 2.39. The molecule has 0 radical (unpaired) electrons. The maximum absolute atomic E-state index is 12.9. The summed E-state index contributed by atoms with van der Waals surface area (Å²) in [6, 6.07) is 5.00. The summed E-state index contributed by atoms with van der Waals surface area (Å²) in [5.41, 5.74) is 1.50. The predicted octanol–water partition coefficient (Wildman–Crippen LogP) is 6.76. The Morgan fingerprint density at radius 2 is 2.08 bits per heavy atom. The Morgan fingerprint density at radius 1 is 1.29 bits per heavy atom. The second-order valence-electron chi connectivity index (χ2n) is 8.55. The van der Waals surface area contributed by atoms with E-state index in [1.54, 1.807) is 31.2 Å². The first-order valence-corrected chi connectivity index (χ1v) is 14.8. The number of thioether (sulfide) groups is 1. The van der Waals surface area contributed by atoms with Gasteiger partial charge in [0.1, 0.15) is 10.8 Å². The average molecular weight is 596 g/mol. The van der Waals surface area contributed by atoms with Crippen molar-refractivity contribution in [1.82, 2.24) is 14.8 Å². The van der Waals surface area contributed by atoms with Gasteiger partial charge in [0, 0.05) is 16.4 Å². The Morgan fingerprint density at radius 3 is 2.82 bits per heavy atom. The van der Waals surface area contributed by atoms with Crippen LogP contribution in [-0.2, 0) is 28.9 Å². The van der Waals surface area contributed by atoms with Gasteiger partial charge in [-0.1, -0.05) is 41.0 Å². The number of rotatable bonds is 11. The molecule has 4 rings (SSSR count). The molecule has 8 nitrogen and oxygen atoms in total. The van der Waals surface area contributed by atoms with Crippen LogP contribution in [0.3, 0.4) is 0 Å². The van der Waals surface area contributed by atoms with Crippen molar-refractivity contribution in [1.29, 1.82) is 0 Å². The van der Waals surface area contributed by atoms with Gasteiger partial charge in [-0.2, -0.15) is 0 Å². The Kier molecular flexibility index (Phi) is 9.75. The van der Waals surface area contributed by atoms with Gasteiger partial charge in [0.15, 0.2) is 17.1 Å². The molecule has 0 aliphatic heterocycles. The zero-order valence-electron chi connectivity index (χ0n) is 21.1. The number of halogens is 2. The normalized spacial score (nSPS) is 13.5. The number of carbonyl (C=O) groups is 2. The van der Waals surface area contributed by atoms with Crippen LogP contribution in [0, 0.1) is 0 Å². The summed E-state index contributed by atoms with van der Waals surface area (Å²) in [7, 11) is 0. The van der Waals surface area contributed by atoms with Crippen molar-refractivity contribution in [3.63, 3.8) is 0 Å². The number of fused-ring (bicyclic) bond motifs is 1. The quantitative estimate of drug-likeness (QED) is 0.149. The van der Waals surface area contributed by atoms with Crippen LogP contribution in [-0.4, -0.2) is 39.0 Å². The Labute approximate surface area is 239 Å². The van der Waals surface area contributed by atoms with Gasteiger partial charge in [-0.25, -0.2) is 4.79 Å². The van der Waals surface area contributed by atoms with E-state index in [4.69, 9.17) is 32.7 Å². The lowest BCUT2D eigenvalue weighted by Gasteiger charge is -2.16. The molecule has 0 saturated heterocycles. The van der Waals surface area contributed by atoms with E-state index in [2.05, 4.69) is 22.1 Å². The van der Waals surface area contributed by atoms with Gasteiger partial charge in [-0.05, 0) is 63.3 Å². The van der Waals surface area contributed by atoms with Crippen molar-refractivity contribution >= 4 is 63.2 Å². The van der Waals surface area contributed by atoms with Crippen LogP contribution in [0.5, 0.6) is 5.75 Å². The first-order chi connectivity index (χ1) is 18.3. The first-order valence-electron chi connectivity index (χ1n) is 12.2. The molecule has 0 spiro atoms. The largest absolute Gasteiger partial charge is 0.481 e. The van der Waals surface area contributed by atoms with Gasteiger partial charge in [-0.15, -0.1) is 28.1 Å². The molecule has 38 heavy (non-hydrogen) atoms. The molecule has 2 heterocycles. The van der Waals surface area contributed by atoms with Crippen molar-refractivity contribution in [2.45, 2.75) is 57.3 Å². The molecule has 1 amide bonds. The Hall–Kier alpha value is -2.53. The standard InChI is InChI=1S/C26H28Cl2N4O4S2/c1-4-12-32-23(15(3)36-19-11-10-16(27)13-18(19)28)30-31-26(32)37-14-21(33)29-24-22(25(34)35-5-2)17-8-6-7-9-20(17)38-24/h4,10-11,13,15H,1,5-9,12,14H2,2-3H3,(H,29,33). The number of carbonyl (C=O) groups excluding carboxylic acids is 2. The minimum atomic E-state index is -0.478. The number of aromatic nitrogens is 3. The van der Waals surface area contributed by atoms with Gasteiger partial charge in [0.05, 0.1) is 22.9 Å². The molecule has 0 saturated carbocycles. The summed E-state index contributed by atoms with van der Waals surface area (Å²) in [6.45, 7) is 8.14. The first kappa shape index (κ1) is 28.5. The number of amides is 1. The summed E-state index contributed by atoms with van der Waals surface area (Å²) in [4.78, 5) is 26.8. The fraction of sp³-hybridized carbons (Fsp3) is 0.385. The highest BCUT2D eigenvalue weighted by molar-refractivity contribution is 7.99. The monoisotopic (exact) mass is 594 g/mol. The maximum atomic E-state index is 12.9. The fourth-order valence-electron chi connectivity index (χ4n) is 4.19. The molecule has 1 aliphatic rings. The highest BCUT2D eigenvalue weighted by Gasteiger charge is 2.27. The van der Waals surface area contributed by atoms with Crippen LogP contribution in [0.1, 0.15) is 59.4 Å². The van der Waals surface area contributed by atoms with Crippen LogP contribution >= 0.6 is 46.3 Å². The number of anilines is 1. The third-order valence-electron chi connectivity index (χ3n) is 5.85. The molecule has 2 aromatic heterocycles. The number of allylic oxidation sites excluding steroid dienone is 1. The number of benzene rings is 1. The van der Waals surface area contributed by atoms with Crippen molar-refractivity contribution in [2.24, 2.45) is 0 Å². The zero-order valence-corrected chi connectivity index (χ0v) is 24.2. The number of hydrogen-bond donors (Lipinski definition) is 1. The molecule has 0 fully saturated rings. The summed E-state index contributed by atoms with van der Waals surface area (Å²) < 4.78 is 13.1.